The van der Waals surface area contributed by atoms with Gasteiger partial charge in [-0.25, -0.2) is 15.0 Å². The molecule has 5 nitrogen and oxygen atoms in total. The van der Waals surface area contributed by atoms with Crippen LogP contribution in [0.2, 0.25) is 0 Å². The highest BCUT2D eigenvalue weighted by Gasteiger charge is 2.63. The molecule has 3 heterocycles. The van der Waals surface area contributed by atoms with E-state index in [-0.39, 0.29) is 40.6 Å². The van der Waals surface area contributed by atoms with Crippen molar-refractivity contribution in [3.8, 4) is 0 Å². The van der Waals surface area contributed by atoms with Crippen LogP contribution in [0.3, 0.4) is 0 Å². The van der Waals surface area contributed by atoms with E-state index in [9.17, 15) is 30.7 Å². The number of hydrogen-bond donors (Lipinski definition) is 1. The Morgan fingerprint density at radius 3 is 2.12 bits per heavy atom. The fourth-order valence-electron chi connectivity index (χ4n) is 3.63. The predicted octanol–water partition coefficient (Wildman–Crippen LogP) is 5.35. The van der Waals surface area contributed by atoms with Crippen LogP contribution in [0, 0.1) is 0 Å². The lowest BCUT2D eigenvalue weighted by molar-refractivity contribution is -0.172. The number of aromatic amines is 1. The van der Waals surface area contributed by atoms with Crippen LogP contribution in [0.15, 0.2) is 24.3 Å². The third-order valence-corrected chi connectivity index (χ3v) is 5.35. The quantitative estimate of drug-likeness (QED) is 0.519. The van der Waals surface area contributed by atoms with E-state index in [1.165, 1.54) is 18.2 Å². The fourth-order valence-corrected chi connectivity index (χ4v) is 3.63. The number of anilines is 1. The maximum atomic E-state index is 13.9. The molecule has 1 aliphatic rings. The molecule has 0 unspecified atom stereocenters. The summed E-state index contributed by atoms with van der Waals surface area (Å²) in [5.74, 6) is -8.47. The van der Waals surface area contributed by atoms with Crippen molar-refractivity contribution >= 4 is 17.0 Å². The molecule has 1 aliphatic heterocycles. The summed E-state index contributed by atoms with van der Waals surface area (Å²) in [6, 6.07) is 4.95. The minimum absolute atomic E-state index is 0.00273. The lowest BCUT2D eigenvalue weighted by atomic mass is 9.96. The van der Waals surface area contributed by atoms with Crippen LogP contribution in [-0.4, -0.2) is 44.9 Å². The number of halogens is 7. The Bertz CT molecular complexity index is 1180. The number of fused-ring (bicyclic) bond motifs is 1. The lowest BCUT2D eigenvalue weighted by Gasteiger charge is -2.21. The Morgan fingerprint density at radius 1 is 0.939 bits per heavy atom. The molecular weight excluding hydrogens is 455 g/mol. The van der Waals surface area contributed by atoms with Crippen molar-refractivity contribution in [2.24, 2.45) is 0 Å². The maximum Gasteiger partial charge on any atom is 0.416 e. The van der Waals surface area contributed by atoms with Gasteiger partial charge in [0, 0.05) is 11.8 Å². The molecule has 0 saturated carbocycles. The third kappa shape index (κ3) is 4.22. The monoisotopic (exact) mass is 475 g/mol. The van der Waals surface area contributed by atoms with Crippen LogP contribution < -0.4 is 4.90 Å². The van der Waals surface area contributed by atoms with Crippen molar-refractivity contribution in [1.82, 2.24) is 19.9 Å². The van der Waals surface area contributed by atoms with Crippen LogP contribution in [0.25, 0.3) is 11.2 Å². The number of H-pyrrole nitrogens is 1. The van der Waals surface area contributed by atoms with Crippen LogP contribution in [-0.2, 0) is 18.0 Å². The first-order valence-electron chi connectivity index (χ1n) is 10.0. The van der Waals surface area contributed by atoms with Crippen LogP contribution in [0.1, 0.15) is 43.5 Å². The van der Waals surface area contributed by atoms with Gasteiger partial charge in [0.15, 0.2) is 11.5 Å². The topological polar surface area (TPSA) is 57.7 Å². The van der Waals surface area contributed by atoms with E-state index in [1.807, 2.05) is 0 Å². The molecule has 2 aromatic heterocycles. The zero-order valence-electron chi connectivity index (χ0n) is 17.9. The molecule has 1 aromatic carbocycles. The smallest absolute Gasteiger partial charge is 0.342 e. The fraction of sp³-hybridized carbons (Fsp3) is 0.476. The van der Waals surface area contributed by atoms with Crippen LogP contribution in [0.4, 0.5) is 36.6 Å². The number of hydrogen-bond acceptors (Lipinski definition) is 4. The highest BCUT2D eigenvalue weighted by Crippen LogP contribution is 2.43. The summed E-state index contributed by atoms with van der Waals surface area (Å²) in [7, 11) is 0. The molecule has 1 N–H and O–H groups in total. The van der Waals surface area contributed by atoms with E-state index >= 15 is 0 Å². The molecule has 0 bridgehead atoms. The highest BCUT2D eigenvalue weighted by atomic mass is 19.4. The van der Waals surface area contributed by atoms with E-state index in [0.717, 1.165) is 11.0 Å². The van der Waals surface area contributed by atoms with Gasteiger partial charge in [-0.05, 0) is 11.6 Å². The van der Waals surface area contributed by atoms with Gasteiger partial charge in [-0.15, -0.1) is 0 Å². The number of alkyl halides is 7. The predicted molar refractivity (Wildman–Crippen MR) is 107 cm³/mol. The molecule has 0 spiro atoms. The summed E-state index contributed by atoms with van der Waals surface area (Å²) in [6.07, 6.45) is -4.84. The molecule has 3 aromatic rings. The molecule has 12 heteroatoms. The summed E-state index contributed by atoms with van der Waals surface area (Å²) in [6.45, 7) is 2.72. The largest absolute Gasteiger partial charge is 0.416 e. The number of rotatable bonds is 3. The van der Waals surface area contributed by atoms with E-state index in [0.29, 0.717) is 0 Å². The molecule has 33 heavy (non-hydrogen) atoms. The second kappa shape index (κ2) is 7.29. The Kier molecular flexibility index (Phi) is 5.14. The molecule has 0 amide bonds. The van der Waals surface area contributed by atoms with Gasteiger partial charge in [0.05, 0.1) is 18.7 Å². The van der Waals surface area contributed by atoms with Gasteiger partial charge in [0.2, 0.25) is 0 Å². The summed E-state index contributed by atoms with van der Waals surface area (Å²) < 4.78 is 95.6. The summed E-state index contributed by atoms with van der Waals surface area (Å²) in [5, 5.41) is 0. The number of nitrogens with one attached hydrogen (secondary N) is 1. The third-order valence-electron chi connectivity index (χ3n) is 5.35. The first-order valence-corrected chi connectivity index (χ1v) is 10.0. The van der Waals surface area contributed by atoms with E-state index in [1.54, 1.807) is 20.8 Å². The number of benzene rings is 1. The Balaban J connectivity index is 1.82. The van der Waals surface area contributed by atoms with Gasteiger partial charge in [-0.3, -0.25) is 0 Å². The Labute approximate surface area is 184 Å². The first kappa shape index (κ1) is 23.2. The standard InChI is InChI=1S/C21H20F7N5/c1-18(2,3)17-31-15-14(16(32-17)33-9-19(22,23)20(24,25)10-33)29-13(30-15)8-11-6-4-5-7-12(11)21(26,27)28/h4-7H,8-10H2,1-3H3,(H,29,30,31,32). The van der Waals surface area contributed by atoms with Gasteiger partial charge in [-0.1, -0.05) is 39.0 Å². The zero-order chi connectivity index (χ0) is 24.4. The van der Waals surface area contributed by atoms with Gasteiger partial charge < -0.3 is 9.88 Å². The van der Waals surface area contributed by atoms with Gasteiger partial charge in [-0.2, -0.15) is 30.7 Å². The molecule has 1 fully saturated rings. The van der Waals surface area contributed by atoms with Crippen molar-refractivity contribution in [3.63, 3.8) is 0 Å². The second-order valence-electron chi connectivity index (χ2n) is 9.10. The summed E-state index contributed by atoms with van der Waals surface area (Å²) in [5.41, 5.74) is -1.56. The minimum Gasteiger partial charge on any atom is -0.342 e. The van der Waals surface area contributed by atoms with Crippen molar-refractivity contribution in [3.05, 3.63) is 47.0 Å². The normalized spacial score (nSPS) is 18.3. The molecule has 178 valence electrons. The number of aromatic nitrogens is 4. The van der Waals surface area contributed by atoms with Crippen molar-refractivity contribution < 1.29 is 30.7 Å². The van der Waals surface area contributed by atoms with Crippen LogP contribution >= 0.6 is 0 Å². The Hall–Kier alpha value is -2.92. The van der Waals surface area contributed by atoms with E-state index in [2.05, 4.69) is 19.9 Å². The van der Waals surface area contributed by atoms with Gasteiger partial charge >= 0.3 is 18.0 Å². The molecule has 4 rings (SSSR count). The molecule has 1 saturated heterocycles. The summed E-state index contributed by atoms with van der Waals surface area (Å²) in [4.78, 5) is 16.3. The molecular formula is C21H20F7N5. The van der Waals surface area contributed by atoms with Gasteiger partial charge in [0.25, 0.3) is 0 Å². The molecule has 0 aliphatic carbocycles. The second-order valence-corrected chi connectivity index (χ2v) is 9.10. The lowest BCUT2D eigenvalue weighted by Crippen LogP contribution is -2.38. The van der Waals surface area contributed by atoms with Crippen molar-refractivity contribution in [1.29, 1.82) is 0 Å². The van der Waals surface area contributed by atoms with Crippen molar-refractivity contribution in [2.75, 3.05) is 18.0 Å². The summed E-state index contributed by atoms with van der Waals surface area (Å²) >= 11 is 0. The highest BCUT2D eigenvalue weighted by molar-refractivity contribution is 5.84. The average molecular weight is 475 g/mol. The zero-order valence-corrected chi connectivity index (χ0v) is 17.9. The van der Waals surface area contributed by atoms with Crippen LogP contribution in [0.5, 0.6) is 0 Å². The maximum absolute atomic E-state index is 13.9. The van der Waals surface area contributed by atoms with Gasteiger partial charge in [0.1, 0.15) is 17.2 Å². The Morgan fingerprint density at radius 2 is 1.55 bits per heavy atom. The van der Waals surface area contributed by atoms with E-state index < -0.39 is 42.1 Å². The number of nitrogens with zero attached hydrogens (tertiary/aromatic N) is 4. The average Bonchev–Trinajstić information content (AvgIpc) is 3.16. The SMILES string of the molecule is CC(C)(C)c1nc(N2CC(F)(F)C(F)(F)C2)c2[nH]c(Cc3ccccc3C(F)(F)F)nc2n1. The van der Waals surface area contributed by atoms with Crippen molar-refractivity contribution in [2.45, 2.75) is 50.6 Å². The molecule has 0 radical (unpaired) electrons. The first-order chi connectivity index (χ1) is 15.1. The molecule has 0 atom stereocenters. The van der Waals surface area contributed by atoms with E-state index in [4.69, 9.17) is 0 Å². The number of imidazole rings is 1. The minimum atomic E-state index is -4.58.